The SMILES string of the molecule is Cc1ccc(-c2c3ccccc3c(-c3ccc4c5c(cccc35)-c3ccccc3-4)c3cc4c(cc23)-c2ccccc2C4(C)C)cc1.Nc1ccccc1O. The summed E-state index contributed by atoms with van der Waals surface area (Å²) >= 11 is 0. The quantitative estimate of drug-likeness (QED) is 0.108. The van der Waals surface area contributed by atoms with Crippen LogP contribution in [0.5, 0.6) is 5.75 Å². The van der Waals surface area contributed by atoms with Crippen LogP contribution in [0.4, 0.5) is 5.69 Å². The van der Waals surface area contributed by atoms with Crippen molar-refractivity contribution in [3.63, 3.8) is 0 Å². The topological polar surface area (TPSA) is 46.2 Å². The molecule has 0 bridgehead atoms. The zero-order chi connectivity index (χ0) is 36.7. The highest BCUT2D eigenvalue weighted by Gasteiger charge is 2.36. The summed E-state index contributed by atoms with van der Waals surface area (Å²) in [7, 11) is 0. The first-order valence-corrected chi connectivity index (χ1v) is 18.7. The highest BCUT2D eigenvalue weighted by Crippen LogP contribution is 2.55. The van der Waals surface area contributed by atoms with E-state index >= 15 is 0 Å². The zero-order valence-corrected chi connectivity index (χ0v) is 30.6. The monoisotopic (exact) mass is 693 g/mol. The minimum atomic E-state index is -0.0866. The molecule has 0 heterocycles. The van der Waals surface area contributed by atoms with Gasteiger partial charge in [0.2, 0.25) is 0 Å². The van der Waals surface area contributed by atoms with Crippen molar-refractivity contribution in [2.45, 2.75) is 26.2 Å². The molecule has 0 saturated carbocycles. The summed E-state index contributed by atoms with van der Waals surface area (Å²) in [5.41, 5.74) is 23.0. The maximum Gasteiger partial charge on any atom is 0.138 e. The van der Waals surface area contributed by atoms with Gasteiger partial charge in [0.25, 0.3) is 0 Å². The highest BCUT2D eigenvalue weighted by atomic mass is 16.3. The van der Waals surface area contributed by atoms with Crippen molar-refractivity contribution in [3.05, 3.63) is 180 Å². The first-order valence-electron chi connectivity index (χ1n) is 18.7. The third-order valence-corrected chi connectivity index (χ3v) is 11.8. The van der Waals surface area contributed by atoms with Crippen LogP contribution in [0.3, 0.4) is 0 Å². The summed E-state index contributed by atoms with van der Waals surface area (Å²) < 4.78 is 0. The average Bonchev–Trinajstić information content (AvgIpc) is 3.64. The Balaban J connectivity index is 0.000000404. The van der Waals surface area contributed by atoms with Gasteiger partial charge in [0.15, 0.2) is 0 Å². The first-order chi connectivity index (χ1) is 26.3. The van der Waals surface area contributed by atoms with E-state index in [2.05, 4.69) is 160 Å². The number of para-hydroxylation sites is 2. The van der Waals surface area contributed by atoms with Gasteiger partial charge in [0.1, 0.15) is 5.75 Å². The van der Waals surface area contributed by atoms with E-state index in [1.807, 2.05) is 0 Å². The molecule has 2 nitrogen and oxygen atoms in total. The van der Waals surface area contributed by atoms with Crippen molar-refractivity contribution in [1.82, 2.24) is 0 Å². The Kier molecular flexibility index (Phi) is 7.09. The molecular weight excluding hydrogens is 655 g/mol. The molecule has 2 aliphatic carbocycles. The van der Waals surface area contributed by atoms with E-state index in [4.69, 9.17) is 10.8 Å². The minimum Gasteiger partial charge on any atom is -0.506 e. The summed E-state index contributed by atoms with van der Waals surface area (Å²) in [6.45, 7) is 6.95. The molecule has 3 N–H and O–H groups in total. The number of rotatable bonds is 2. The van der Waals surface area contributed by atoms with Gasteiger partial charge in [-0.2, -0.15) is 0 Å². The fraction of sp³-hybridized carbons (Fsp3) is 0.0769. The molecule has 11 rings (SSSR count). The molecule has 0 amide bonds. The number of hydrogen-bond donors (Lipinski definition) is 2. The second-order valence-corrected chi connectivity index (χ2v) is 15.3. The summed E-state index contributed by atoms with van der Waals surface area (Å²) in [5.74, 6) is 0.146. The van der Waals surface area contributed by atoms with Crippen molar-refractivity contribution in [1.29, 1.82) is 0 Å². The molecule has 54 heavy (non-hydrogen) atoms. The van der Waals surface area contributed by atoms with E-state index in [1.54, 1.807) is 24.3 Å². The number of nitrogens with two attached hydrogens (primary N) is 1. The second-order valence-electron chi connectivity index (χ2n) is 15.3. The van der Waals surface area contributed by atoms with E-state index in [0.29, 0.717) is 5.69 Å². The van der Waals surface area contributed by atoms with Crippen molar-refractivity contribution in [3.8, 4) is 61.4 Å². The maximum absolute atomic E-state index is 8.79. The van der Waals surface area contributed by atoms with Crippen molar-refractivity contribution < 1.29 is 5.11 Å². The van der Waals surface area contributed by atoms with Gasteiger partial charge in [-0.25, -0.2) is 0 Å². The number of phenolic OH excluding ortho intramolecular Hbond substituents is 1. The predicted molar refractivity (Wildman–Crippen MR) is 229 cm³/mol. The van der Waals surface area contributed by atoms with Gasteiger partial charge in [0.05, 0.1) is 5.69 Å². The molecule has 258 valence electrons. The molecule has 0 unspecified atom stereocenters. The Morgan fingerprint density at radius 3 is 1.69 bits per heavy atom. The van der Waals surface area contributed by atoms with Gasteiger partial charge in [-0.3, -0.25) is 0 Å². The Hall–Kier alpha value is -6.64. The van der Waals surface area contributed by atoms with Crippen LogP contribution >= 0.6 is 0 Å². The van der Waals surface area contributed by atoms with Crippen LogP contribution in [0.1, 0.15) is 30.5 Å². The number of fused-ring (bicyclic) bond motifs is 8. The summed E-state index contributed by atoms with van der Waals surface area (Å²) in [6, 6.07) is 59.4. The lowest BCUT2D eigenvalue weighted by Gasteiger charge is -2.24. The Bertz CT molecular complexity index is 2940. The molecule has 0 fully saturated rings. The summed E-state index contributed by atoms with van der Waals surface area (Å²) in [4.78, 5) is 0. The van der Waals surface area contributed by atoms with Crippen LogP contribution in [0.25, 0.3) is 88.0 Å². The maximum atomic E-state index is 8.79. The van der Waals surface area contributed by atoms with Crippen molar-refractivity contribution >= 4 is 38.0 Å². The van der Waals surface area contributed by atoms with Gasteiger partial charge in [-0.15, -0.1) is 0 Å². The van der Waals surface area contributed by atoms with Crippen LogP contribution in [0, 0.1) is 6.92 Å². The molecule has 2 heteroatoms. The Morgan fingerprint density at radius 2 is 0.981 bits per heavy atom. The lowest BCUT2D eigenvalue weighted by Crippen LogP contribution is -2.14. The molecule has 0 radical (unpaired) electrons. The number of benzene rings is 9. The van der Waals surface area contributed by atoms with Crippen LogP contribution in [0.15, 0.2) is 164 Å². The predicted octanol–water partition coefficient (Wildman–Crippen LogP) is 13.7. The number of aromatic hydroxyl groups is 1. The molecule has 9 aromatic carbocycles. The Morgan fingerprint density at radius 1 is 0.426 bits per heavy atom. The highest BCUT2D eigenvalue weighted by molar-refractivity contribution is 6.27. The normalized spacial score (nSPS) is 13.0. The van der Waals surface area contributed by atoms with E-state index in [0.717, 1.165) is 0 Å². The fourth-order valence-corrected chi connectivity index (χ4v) is 9.21. The van der Waals surface area contributed by atoms with Crippen LogP contribution in [0.2, 0.25) is 0 Å². The summed E-state index contributed by atoms with van der Waals surface area (Å²) in [5, 5.41) is 16.7. The first kappa shape index (κ1) is 32.0. The second kappa shape index (κ2) is 11.9. The smallest absolute Gasteiger partial charge is 0.138 e. The van der Waals surface area contributed by atoms with Crippen molar-refractivity contribution in [2.75, 3.05) is 5.73 Å². The van der Waals surface area contributed by atoms with E-state index in [9.17, 15) is 0 Å². The average molecular weight is 694 g/mol. The van der Waals surface area contributed by atoms with Gasteiger partial charge in [-0.1, -0.05) is 159 Å². The van der Waals surface area contributed by atoms with Crippen LogP contribution < -0.4 is 5.73 Å². The number of nitrogen functional groups attached to an aromatic ring is 1. The summed E-state index contributed by atoms with van der Waals surface area (Å²) in [6.07, 6.45) is 0. The molecule has 0 spiro atoms. The molecule has 2 aliphatic rings. The third-order valence-electron chi connectivity index (χ3n) is 11.8. The van der Waals surface area contributed by atoms with Crippen LogP contribution in [-0.2, 0) is 5.41 Å². The zero-order valence-electron chi connectivity index (χ0n) is 30.6. The van der Waals surface area contributed by atoms with Gasteiger partial charge in [-0.05, 0) is 130 Å². The van der Waals surface area contributed by atoms with Crippen LogP contribution in [-0.4, -0.2) is 5.11 Å². The standard InChI is InChI=1S/C46H32.C6H7NO/c1-27-19-21-28(22-20-27)43-33-14-6-7-15-34(33)45(40-26-42-38(25-39(40)43)31-13-8-9-18-41(31)46(42,2)3)37-24-23-36-30-12-5-4-11-29(30)32-16-10-17-35(37)44(32)36;7-5-3-1-2-4-6(5)8/h4-26H,1-3H3;1-4,8H,7H2. The van der Waals surface area contributed by atoms with E-state index in [1.165, 1.54) is 105 Å². The number of phenols is 1. The largest absolute Gasteiger partial charge is 0.506 e. The van der Waals surface area contributed by atoms with Gasteiger partial charge in [0, 0.05) is 5.41 Å². The van der Waals surface area contributed by atoms with Gasteiger partial charge < -0.3 is 10.8 Å². The molecule has 0 atom stereocenters. The third kappa shape index (κ3) is 4.66. The molecule has 9 aromatic rings. The fourth-order valence-electron chi connectivity index (χ4n) is 9.21. The molecule has 0 saturated heterocycles. The van der Waals surface area contributed by atoms with Crippen molar-refractivity contribution in [2.24, 2.45) is 0 Å². The van der Waals surface area contributed by atoms with E-state index in [-0.39, 0.29) is 11.2 Å². The number of aryl methyl sites for hydroxylation is 1. The minimum absolute atomic E-state index is 0.0866. The lowest BCUT2D eigenvalue weighted by molar-refractivity contribution is 0.478. The number of hydrogen-bond acceptors (Lipinski definition) is 2. The van der Waals surface area contributed by atoms with Gasteiger partial charge >= 0.3 is 0 Å². The molecular formula is C52H39NO. The Labute approximate surface area is 315 Å². The molecule has 0 aromatic heterocycles. The lowest BCUT2D eigenvalue weighted by atomic mass is 9.79. The van der Waals surface area contributed by atoms with E-state index < -0.39 is 0 Å². The molecule has 0 aliphatic heterocycles. The number of anilines is 1.